The number of aromatic nitrogens is 2. The van der Waals surface area contributed by atoms with Gasteiger partial charge in [0.15, 0.2) is 0 Å². The first-order chi connectivity index (χ1) is 12.7. The molecule has 3 heterocycles. The maximum atomic E-state index is 12.5. The Kier molecular flexibility index (Phi) is 4.71. The number of rotatable bonds is 4. The lowest BCUT2D eigenvalue weighted by molar-refractivity contribution is -0.131. The third-order valence-corrected chi connectivity index (χ3v) is 5.59. The molecule has 6 nitrogen and oxygen atoms in total. The van der Waals surface area contributed by atoms with Crippen molar-refractivity contribution in [3.05, 3.63) is 58.5 Å². The van der Waals surface area contributed by atoms with Crippen molar-refractivity contribution in [2.45, 2.75) is 13.0 Å². The molecule has 0 spiro atoms. The number of hydrogen-bond acceptors (Lipinski definition) is 5. The number of thiophene rings is 1. The maximum absolute atomic E-state index is 12.5. The van der Waals surface area contributed by atoms with Crippen LogP contribution in [0.5, 0.6) is 0 Å². The minimum absolute atomic E-state index is 0.0713. The molecular formula is C19H20N4O2S. The summed E-state index contributed by atoms with van der Waals surface area (Å²) in [5, 5.41) is 2.49. The van der Waals surface area contributed by atoms with Crippen molar-refractivity contribution in [3.63, 3.8) is 0 Å². The number of carbonyl (C=O) groups excluding carboxylic acids is 1. The second-order valence-electron chi connectivity index (χ2n) is 6.34. The highest BCUT2D eigenvalue weighted by atomic mass is 32.1. The van der Waals surface area contributed by atoms with Gasteiger partial charge in [0.2, 0.25) is 5.91 Å². The highest BCUT2D eigenvalue weighted by Gasteiger charge is 2.21. The third-order valence-electron chi connectivity index (χ3n) is 4.77. The Morgan fingerprint density at radius 1 is 1.08 bits per heavy atom. The molecule has 1 aliphatic rings. The smallest absolute Gasteiger partial charge is 0.262 e. The van der Waals surface area contributed by atoms with E-state index in [4.69, 9.17) is 0 Å². The summed E-state index contributed by atoms with van der Waals surface area (Å²) >= 11 is 1.45. The maximum Gasteiger partial charge on any atom is 0.262 e. The van der Waals surface area contributed by atoms with E-state index in [1.165, 1.54) is 21.6 Å². The van der Waals surface area contributed by atoms with Crippen molar-refractivity contribution in [2.24, 2.45) is 0 Å². The van der Waals surface area contributed by atoms with Crippen LogP contribution in [0.3, 0.4) is 0 Å². The SMILES string of the molecule is O=C(CCn1cnc2sccc2c1=O)N1CCN(c2ccccc2)CC1. The molecule has 0 atom stereocenters. The number of piperazine rings is 1. The van der Waals surface area contributed by atoms with Crippen LogP contribution in [0.2, 0.25) is 0 Å². The van der Waals surface area contributed by atoms with Crippen molar-refractivity contribution in [1.29, 1.82) is 0 Å². The van der Waals surface area contributed by atoms with Crippen LogP contribution in [0.4, 0.5) is 5.69 Å². The molecule has 0 bridgehead atoms. The highest BCUT2D eigenvalue weighted by Crippen LogP contribution is 2.16. The van der Waals surface area contributed by atoms with E-state index in [2.05, 4.69) is 22.0 Å². The Morgan fingerprint density at radius 3 is 2.62 bits per heavy atom. The molecular weight excluding hydrogens is 348 g/mol. The topological polar surface area (TPSA) is 58.4 Å². The predicted octanol–water partition coefficient (Wildman–Crippen LogP) is 2.20. The molecule has 1 fully saturated rings. The van der Waals surface area contributed by atoms with Gasteiger partial charge in [0, 0.05) is 44.8 Å². The Hall–Kier alpha value is -2.67. The molecule has 1 aromatic carbocycles. The van der Waals surface area contributed by atoms with Gasteiger partial charge < -0.3 is 9.80 Å². The molecule has 7 heteroatoms. The first-order valence-corrected chi connectivity index (χ1v) is 9.61. The number of benzene rings is 1. The summed E-state index contributed by atoms with van der Waals surface area (Å²) in [5.41, 5.74) is 1.12. The van der Waals surface area contributed by atoms with Gasteiger partial charge in [-0.1, -0.05) is 18.2 Å². The minimum Gasteiger partial charge on any atom is -0.368 e. The van der Waals surface area contributed by atoms with Crippen LogP contribution < -0.4 is 10.5 Å². The van der Waals surface area contributed by atoms with E-state index in [9.17, 15) is 9.59 Å². The van der Waals surface area contributed by atoms with Crippen molar-refractivity contribution in [1.82, 2.24) is 14.5 Å². The molecule has 1 amide bonds. The molecule has 1 saturated heterocycles. The summed E-state index contributed by atoms with van der Waals surface area (Å²) in [5.74, 6) is 0.0926. The summed E-state index contributed by atoms with van der Waals surface area (Å²) in [6.45, 7) is 3.46. The first kappa shape index (κ1) is 16.8. The fourth-order valence-electron chi connectivity index (χ4n) is 3.28. The zero-order valence-electron chi connectivity index (χ0n) is 14.4. The van der Waals surface area contributed by atoms with E-state index in [0.717, 1.165) is 17.9 Å². The van der Waals surface area contributed by atoms with E-state index in [0.29, 0.717) is 31.4 Å². The van der Waals surface area contributed by atoms with Gasteiger partial charge in [-0.3, -0.25) is 14.2 Å². The molecule has 0 N–H and O–H groups in total. The standard InChI is InChI=1S/C19H20N4O2S/c24-17(6-8-23-14-20-18-16(19(23)25)7-13-26-18)22-11-9-21(10-12-22)15-4-2-1-3-5-15/h1-5,7,13-14H,6,8-12H2. The number of amides is 1. The molecule has 1 aliphatic heterocycles. The summed E-state index contributed by atoms with van der Waals surface area (Å²) in [6.07, 6.45) is 1.87. The average Bonchev–Trinajstić information content (AvgIpc) is 3.18. The van der Waals surface area contributed by atoms with Crippen LogP contribution >= 0.6 is 11.3 Å². The van der Waals surface area contributed by atoms with Crippen LogP contribution in [0.1, 0.15) is 6.42 Å². The van der Waals surface area contributed by atoms with Gasteiger partial charge in [0.25, 0.3) is 5.56 Å². The zero-order chi connectivity index (χ0) is 17.9. The van der Waals surface area contributed by atoms with Crippen LogP contribution in [0.25, 0.3) is 10.2 Å². The lowest BCUT2D eigenvalue weighted by Gasteiger charge is -2.36. The number of nitrogens with zero attached hydrogens (tertiary/aromatic N) is 4. The van der Waals surface area contributed by atoms with Gasteiger partial charge in [0.05, 0.1) is 11.7 Å². The third kappa shape index (κ3) is 3.35. The van der Waals surface area contributed by atoms with Crippen molar-refractivity contribution in [2.75, 3.05) is 31.1 Å². The number of para-hydroxylation sites is 1. The Bertz CT molecular complexity index is 958. The normalized spacial score (nSPS) is 14.8. The number of anilines is 1. The van der Waals surface area contributed by atoms with Crippen LogP contribution in [0, 0.1) is 0 Å². The van der Waals surface area contributed by atoms with E-state index < -0.39 is 0 Å². The molecule has 26 heavy (non-hydrogen) atoms. The summed E-state index contributed by atoms with van der Waals surface area (Å²) in [6, 6.07) is 12.0. The Balaban J connectivity index is 1.34. The van der Waals surface area contributed by atoms with Gasteiger partial charge in [-0.15, -0.1) is 11.3 Å². The highest BCUT2D eigenvalue weighted by molar-refractivity contribution is 7.16. The molecule has 0 saturated carbocycles. The van der Waals surface area contributed by atoms with Gasteiger partial charge in [-0.2, -0.15) is 0 Å². The fraction of sp³-hybridized carbons (Fsp3) is 0.316. The van der Waals surface area contributed by atoms with Crippen molar-refractivity contribution < 1.29 is 4.79 Å². The quantitative estimate of drug-likeness (QED) is 0.708. The Labute approximate surface area is 155 Å². The lowest BCUT2D eigenvalue weighted by Crippen LogP contribution is -2.49. The van der Waals surface area contributed by atoms with Crippen molar-refractivity contribution >= 4 is 33.1 Å². The lowest BCUT2D eigenvalue weighted by atomic mass is 10.2. The predicted molar refractivity (Wildman–Crippen MR) is 104 cm³/mol. The van der Waals surface area contributed by atoms with Gasteiger partial charge in [0.1, 0.15) is 4.83 Å². The van der Waals surface area contributed by atoms with Gasteiger partial charge in [-0.25, -0.2) is 4.98 Å². The zero-order valence-corrected chi connectivity index (χ0v) is 15.2. The van der Waals surface area contributed by atoms with E-state index >= 15 is 0 Å². The summed E-state index contributed by atoms with van der Waals surface area (Å²) in [7, 11) is 0. The molecule has 0 radical (unpaired) electrons. The molecule has 3 aromatic rings. The molecule has 0 aliphatic carbocycles. The van der Waals surface area contributed by atoms with Gasteiger partial charge >= 0.3 is 0 Å². The van der Waals surface area contributed by atoms with Crippen molar-refractivity contribution in [3.8, 4) is 0 Å². The molecule has 4 rings (SSSR count). The first-order valence-electron chi connectivity index (χ1n) is 8.73. The second kappa shape index (κ2) is 7.29. The average molecular weight is 368 g/mol. The van der Waals surface area contributed by atoms with E-state index in [1.54, 1.807) is 12.4 Å². The number of carbonyl (C=O) groups is 1. The van der Waals surface area contributed by atoms with Gasteiger partial charge in [-0.05, 0) is 23.6 Å². The van der Waals surface area contributed by atoms with Crippen LogP contribution in [-0.2, 0) is 11.3 Å². The summed E-state index contributed by atoms with van der Waals surface area (Å²) in [4.78, 5) is 34.1. The molecule has 2 aromatic heterocycles. The number of aryl methyl sites for hydroxylation is 1. The Morgan fingerprint density at radius 2 is 1.85 bits per heavy atom. The fourth-order valence-corrected chi connectivity index (χ4v) is 4.00. The largest absolute Gasteiger partial charge is 0.368 e. The molecule has 0 unspecified atom stereocenters. The monoisotopic (exact) mass is 368 g/mol. The summed E-state index contributed by atoms with van der Waals surface area (Å²) < 4.78 is 1.53. The number of hydrogen-bond donors (Lipinski definition) is 0. The minimum atomic E-state index is -0.0713. The van der Waals surface area contributed by atoms with Crippen LogP contribution in [-0.4, -0.2) is 46.5 Å². The second-order valence-corrected chi connectivity index (χ2v) is 7.23. The molecule has 134 valence electrons. The van der Waals surface area contributed by atoms with E-state index in [1.807, 2.05) is 28.5 Å². The van der Waals surface area contributed by atoms with Crippen LogP contribution in [0.15, 0.2) is 52.9 Å². The van der Waals surface area contributed by atoms with E-state index in [-0.39, 0.29) is 11.5 Å². The number of fused-ring (bicyclic) bond motifs is 1.